The van der Waals surface area contributed by atoms with Crippen LogP contribution in [0.4, 0.5) is 17.5 Å². The number of ether oxygens (including phenoxy) is 2. The lowest BCUT2D eigenvalue weighted by molar-refractivity contribution is 0.122. The summed E-state index contributed by atoms with van der Waals surface area (Å²) in [6.07, 6.45) is 2.63. The maximum absolute atomic E-state index is 6.15. The van der Waals surface area contributed by atoms with E-state index in [1.807, 2.05) is 24.3 Å². The minimum atomic E-state index is 0.387. The second kappa shape index (κ2) is 8.05. The predicted octanol–water partition coefficient (Wildman–Crippen LogP) is 2.98. The van der Waals surface area contributed by atoms with Crippen molar-refractivity contribution in [2.24, 2.45) is 0 Å². The number of hydrogen-bond acceptors (Lipinski definition) is 7. The Morgan fingerprint density at radius 3 is 2.55 bits per heavy atom. The molecule has 2 aliphatic rings. The third kappa shape index (κ3) is 3.73. The third-order valence-electron chi connectivity index (χ3n) is 5.22. The first-order chi connectivity index (χ1) is 14.4. The molecule has 2 aromatic heterocycles. The molecule has 7 heteroatoms. The van der Waals surface area contributed by atoms with Gasteiger partial charge in [-0.2, -0.15) is 9.97 Å². The lowest BCUT2D eigenvalue weighted by atomic mass is 10.2. The van der Waals surface area contributed by atoms with Crippen LogP contribution in [-0.4, -0.2) is 47.8 Å². The molecule has 0 atom stereocenters. The summed E-state index contributed by atoms with van der Waals surface area (Å²) in [4.78, 5) is 18.5. The van der Waals surface area contributed by atoms with Crippen LogP contribution in [0.1, 0.15) is 11.3 Å². The van der Waals surface area contributed by atoms with E-state index in [0.29, 0.717) is 31.6 Å². The molecule has 0 unspecified atom stereocenters. The van der Waals surface area contributed by atoms with Gasteiger partial charge in [0.25, 0.3) is 0 Å². The van der Waals surface area contributed by atoms with Crippen molar-refractivity contribution in [2.75, 3.05) is 42.6 Å². The number of hydrogen-bond donors (Lipinski definition) is 0. The van der Waals surface area contributed by atoms with Crippen molar-refractivity contribution in [3.8, 4) is 5.88 Å². The van der Waals surface area contributed by atoms with Crippen LogP contribution in [0.3, 0.4) is 0 Å². The van der Waals surface area contributed by atoms with E-state index < -0.39 is 0 Å². The molecule has 3 aromatic rings. The van der Waals surface area contributed by atoms with Gasteiger partial charge in [-0.3, -0.25) is 4.98 Å². The van der Waals surface area contributed by atoms with Gasteiger partial charge in [-0.1, -0.05) is 24.3 Å². The maximum atomic E-state index is 6.15. The summed E-state index contributed by atoms with van der Waals surface area (Å²) in [7, 11) is 0. The Morgan fingerprint density at radius 2 is 1.76 bits per heavy atom. The first-order valence-corrected chi connectivity index (χ1v) is 9.97. The molecular weight excluding hydrogens is 366 g/mol. The van der Waals surface area contributed by atoms with Gasteiger partial charge < -0.3 is 19.3 Å². The van der Waals surface area contributed by atoms with Crippen LogP contribution in [-0.2, 0) is 17.8 Å². The Labute approximate surface area is 169 Å². The van der Waals surface area contributed by atoms with E-state index in [4.69, 9.17) is 19.4 Å². The number of nitrogens with zero attached hydrogens (tertiary/aromatic N) is 5. The van der Waals surface area contributed by atoms with Crippen molar-refractivity contribution < 1.29 is 9.47 Å². The molecule has 4 heterocycles. The fourth-order valence-electron chi connectivity index (χ4n) is 3.72. The van der Waals surface area contributed by atoms with Crippen molar-refractivity contribution in [3.05, 3.63) is 66.0 Å². The third-order valence-corrected chi connectivity index (χ3v) is 5.22. The van der Waals surface area contributed by atoms with Crippen molar-refractivity contribution in [1.29, 1.82) is 0 Å². The molecule has 5 rings (SSSR count). The molecule has 1 saturated heterocycles. The Kier molecular flexibility index (Phi) is 4.96. The zero-order valence-corrected chi connectivity index (χ0v) is 16.2. The molecule has 1 aromatic carbocycles. The highest BCUT2D eigenvalue weighted by Gasteiger charge is 2.29. The van der Waals surface area contributed by atoms with Gasteiger partial charge in [0.1, 0.15) is 12.4 Å². The predicted molar refractivity (Wildman–Crippen MR) is 111 cm³/mol. The number of benzene rings is 1. The molecule has 0 amide bonds. The highest BCUT2D eigenvalue weighted by molar-refractivity contribution is 5.69. The highest BCUT2D eigenvalue weighted by Crippen LogP contribution is 2.38. The zero-order chi connectivity index (χ0) is 19.5. The van der Waals surface area contributed by atoms with E-state index in [1.54, 1.807) is 6.20 Å². The molecule has 0 bridgehead atoms. The Morgan fingerprint density at radius 1 is 0.931 bits per heavy atom. The summed E-state index contributed by atoms with van der Waals surface area (Å²) in [6, 6.07) is 16.2. The van der Waals surface area contributed by atoms with Crippen LogP contribution in [0.25, 0.3) is 0 Å². The SMILES string of the molecule is c1ccc(N2CCc3c(OCc4ccccn4)nc(N4CCOCC4)nc32)cc1. The Bertz CT molecular complexity index is 962. The number of para-hydroxylation sites is 1. The van der Waals surface area contributed by atoms with Crippen molar-refractivity contribution in [1.82, 2.24) is 15.0 Å². The zero-order valence-electron chi connectivity index (χ0n) is 16.2. The number of morpholine rings is 1. The monoisotopic (exact) mass is 389 g/mol. The van der Waals surface area contributed by atoms with Gasteiger partial charge >= 0.3 is 0 Å². The lowest BCUT2D eigenvalue weighted by Crippen LogP contribution is -2.37. The minimum absolute atomic E-state index is 0.387. The summed E-state index contributed by atoms with van der Waals surface area (Å²) < 4.78 is 11.6. The van der Waals surface area contributed by atoms with Gasteiger partial charge in [0, 0.05) is 31.5 Å². The normalized spacial score (nSPS) is 16.0. The van der Waals surface area contributed by atoms with Gasteiger partial charge in [-0.15, -0.1) is 0 Å². The maximum Gasteiger partial charge on any atom is 0.230 e. The van der Waals surface area contributed by atoms with E-state index in [9.17, 15) is 0 Å². The summed E-state index contributed by atoms with van der Waals surface area (Å²) in [5, 5.41) is 0. The highest BCUT2D eigenvalue weighted by atomic mass is 16.5. The fraction of sp³-hybridized carbons (Fsp3) is 0.318. The average molecular weight is 389 g/mol. The molecular formula is C22H23N5O2. The van der Waals surface area contributed by atoms with Crippen molar-refractivity contribution in [2.45, 2.75) is 13.0 Å². The van der Waals surface area contributed by atoms with Gasteiger partial charge in [-0.25, -0.2) is 0 Å². The lowest BCUT2D eigenvalue weighted by Gasteiger charge is -2.28. The topological polar surface area (TPSA) is 63.6 Å². The smallest absolute Gasteiger partial charge is 0.230 e. The molecule has 7 nitrogen and oxygen atoms in total. The largest absolute Gasteiger partial charge is 0.471 e. The number of aromatic nitrogens is 3. The number of fused-ring (bicyclic) bond motifs is 1. The number of rotatable bonds is 5. The van der Waals surface area contributed by atoms with Gasteiger partial charge in [0.2, 0.25) is 11.8 Å². The van der Waals surface area contributed by atoms with Crippen LogP contribution < -0.4 is 14.5 Å². The molecule has 0 N–H and O–H groups in total. The average Bonchev–Trinajstić information content (AvgIpc) is 3.23. The molecule has 29 heavy (non-hydrogen) atoms. The van der Waals surface area contributed by atoms with Crippen LogP contribution in [0.2, 0.25) is 0 Å². The molecule has 0 saturated carbocycles. The standard InChI is InChI=1S/C22H23N5O2/c1-2-7-18(8-3-1)27-11-9-19-20(27)24-22(26-12-14-28-15-13-26)25-21(19)29-16-17-6-4-5-10-23-17/h1-8,10H,9,11-16H2. The quantitative estimate of drug-likeness (QED) is 0.665. The van der Waals surface area contributed by atoms with E-state index in [2.05, 4.69) is 39.0 Å². The first kappa shape index (κ1) is 17.9. The summed E-state index contributed by atoms with van der Waals surface area (Å²) in [5.74, 6) is 2.29. The van der Waals surface area contributed by atoms with Crippen LogP contribution in [0.15, 0.2) is 54.7 Å². The van der Waals surface area contributed by atoms with Crippen LogP contribution in [0.5, 0.6) is 5.88 Å². The van der Waals surface area contributed by atoms with E-state index in [-0.39, 0.29) is 0 Å². The van der Waals surface area contributed by atoms with Crippen molar-refractivity contribution >= 4 is 17.5 Å². The number of pyridine rings is 1. The Balaban J connectivity index is 1.50. The first-order valence-electron chi connectivity index (χ1n) is 9.97. The molecule has 2 aliphatic heterocycles. The van der Waals surface area contributed by atoms with Gasteiger partial charge in [0.05, 0.1) is 24.5 Å². The Hall–Kier alpha value is -3.19. The summed E-state index contributed by atoms with van der Waals surface area (Å²) in [6.45, 7) is 4.19. The second-order valence-corrected chi connectivity index (χ2v) is 7.08. The van der Waals surface area contributed by atoms with Crippen LogP contribution >= 0.6 is 0 Å². The van der Waals surface area contributed by atoms with E-state index in [0.717, 1.165) is 48.8 Å². The van der Waals surface area contributed by atoms with E-state index in [1.165, 1.54) is 0 Å². The van der Waals surface area contributed by atoms with E-state index >= 15 is 0 Å². The van der Waals surface area contributed by atoms with Crippen molar-refractivity contribution in [3.63, 3.8) is 0 Å². The molecule has 148 valence electrons. The van der Waals surface area contributed by atoms with Gasteiger partial charge in [-0.05, 0) is 30.7 Å². The second-order valence-electron chi connectivity index (χ2n) is 7.08. The summed E-state index contributed by atoms with van der Waals surface area (Å²) >= 11 is 0. The molecule has 0 radical (unpaired) electrons. The number of anilines is 3. The van der Waals surface area contributed by atoms with Crippen LogP contribution in [0, 0.1) is 0 Å². The fourth-order valence-corrected chi connectivity index (χ4v) is 3.72. The molecule has 1 fully saturated rings. The van der Waals surface area contributed by atoms with Gasteiger partial charge in [0.15, 0.2) is 0 Å². The molecule has 0 aliphatic carbocycles. The minimum Gasteiger partial charge on any atom is -0.471 e. The summed E-state index contributed by atoms with van der Waals surface area (Å²) in [5.41, 5.74) is 3.07. The molecule has 0 spiro atoms.